The van der Waals surface area contributed by atoms with Gasteiger partial charge in [0.25, 0.3) is 0 Å². The molecule has 1 saturated heterocycles. The van der Waals surface area contributed by atoms with E-state index in [-0.39, 0.29) is 11.9 Å². The van der Waals surface area contributed by atoms with Gasteiger partial charge in [-0.15, -0.1) is 0 Å². The third kappa shape index (κ3) is 1.91. The summed E-state index contributed by atoms with van der Waals surface area (Å²) >= 11 is 1.45. The molecule has 3 heterocycles. The van der Waals surface area contributed by atoms with Crippen LogP contribution >= 0.6 is 11.3 Å². The Kier molecular flexibility index (Phi) is 2.93. The summed E-state index contributed by atoms with van der Waals surface area (Å²) in [5.41, 5.74) is 1.42. The molecule has 22 heavy (non-hydrogen) atoms. The number of aromatic nitrogens is 1. The van der Waals surface area contributed by atoms with Crippen LogP contribution in [0.3, 0.4) is 0 Å². The molecule has 0 spiro atoms. The van der Waals surface area contributed by atoms with Crippen LogP contribution in [0.2, 0.25) is 0 Å². The second-order valence-corrected chi connectivity index (χ2v) is 6.17. The first-order valence-corrected chi connectivity index (χ1v) is 7.86. The van der Waals surface area contributed by atoms with Gasteiger partial charge in [0.2, 0.25) is 5.91 Å². The Morgan fingerprint density at radius 1 is 1.41 bits per heavy atom. The normalized spacial score (nSPS) is 17.4. The van der Waals surface area contributed by atoms with E-state index in [0.29, 0.717) is 48.3 Å². The number of thiazole rings is 1. The summed E-state index contributed by atoms with van der Waals surface area (Å²) in [6.45, 7) is 3.75. The number of anilines is 2. The molecule has 1 aromatic carbocycles. The first-order valence-electron chi connectivity index (χ1n) is 7.05. The van der Waals surface area contributed by atoms with Gasteiger partial charge in [-0.05, 0) is 12.1 Å². The Labute approximate surface area is 130 Å². The van der Waals surface area contributed by atoms with Gasteiger partial charge in [-0.1, -0.05) is 11.3 Å². The lowest BCUT2D eigenvalue weighted by molar-refractivity contribution is -0.116. The predicted molar refractivity (Wildman–Crippen MR) is 83.9 cm³/mol. The van der Waals surface area contributed by atoms with Crippen molar-refractivity contribution in [3.05, 3.63) is 12.1 Å². The lowest BCUT2D eigenvalue weighted by atomic mass is 10.2. The summed E-state index contributed by atoms with van der Waals surface area (Å²) in [5.74, 6) is 0.627. The molecule has 2 aromatic rings. The van der Waals surface area contributed by atoms with Crippen molar-refractivity contribution in [3.63, 3.8) is 0 Å². The molecule has 0 atom stereocenters. The predicted octanol–water partition coefficient (Wildman–Crippen LogP) is 1.57. The summed E-state index contributed by atoms with van der Waals surface area (Å²) in [6.07, 6.45) is 0. The first-order chi connectivity index (χ1) is 10.6. The van der Waals surface area contributed by atoms with Crippen LogP contribution in [0.25, 0.3) is 10.2 Å². The van der Waals surface area contributed by atoms with Crippen molar-refractivity contribution in [2.45, 2.75) is 6.92 Å². The molecule has 8 heteroatoms. The van der Waals surface area contributed by atoms with Crippen molar-refractivity contribution in [2.24, 2.45) is 0 Å². The van der Waals surface area contributed by atoms with E-state index in [1.54, 1.807) is 9.80 Å². The summed E-state index contributed by atoms with van der Waals surface area (Å²) < 4.78 is 6.58. The minimum absolute atomic E-state index is 0.0366. The van der Waals surface area contributed by atoms with Crippen molar-refractivity contribution in [3.8, 4) is 5.75 Å². The van der Waals surface area contributed by atoms with E-state index < -0.39 is 0 Å². The second-order valence-electron chi connectivity index (χ2n) is 5.16. The van der Waals surface area contributed by atoms with Gasteiger partial charge in [-0.3, -0.25) is 9.69 Å². The Morgan fingerprint density at radius 3 is 3.00 bits per heavy atom. The molecule has 0 saturated carbocycles. The zero-order chi connectivity index (χ0) is 15.3. The van der Waals surface area contributed by atoms with Gasteiger partial charge in [0.1, 0.15) is 23.6 Å². The van der Waals surface area contributed by atoms with Crippen LogP contribution in [-0.2, 0) is 4.79 Å². The topological polar surface area (TPSA) is 74.8 Å². The highest BCUT2D eigenvalue weighted by atomic mass is 32.1. The highest BCUT2D eigenvalue weighted by Crippen LogP contribution is 2.42. The number of nitrogens with one attached hydrogen (secondary N) is 1. The summed E-state index contributed by atoms with van der Waals surface area (Å²) in [5, 5.41) is 3.41. The van der Waals surface area contributed by atoms with Gasteiger partial charge in [0.15, 0.2) is 5.13 Å². The standard InChI is InChI=1S/C14H14N4O3S/c1-8(19)17-6-7-21-9-2-3-10-11(12(9)17)16-14(22-10)18-5-4-15-13(18)20/h2-3H,4-7H2,1H3,(H,15,20). The molecule has 4 rings (SSSR count). The monoisotopic (exact) mass is 318 g/mol. The summed E-state index contributed by atoms with van der Waals surface area (Å²) in [4.78, 5) is 31.6. The van der Waals surface area contributed by atoms with Crippen molar-refractivity contribution in [1.29, 1.82) is 0 Å². The lowest BCUT2D eigenvalue weighted by Crippen LogP contribution is -2.36. The fourth-order valence-electron chi connectivity index (χ4n) is 2.77. The van der Waals surface area contributed by atoms with E-state index in [9.17, 15) is 9.59 Å². The maximum absolute atomic E-state index is 11.9. The van der Waals surface area contributed by atoms with E-state index in [2.05, 4.69) is 10.3 Å². The summed E-state index contributed by atoms with van der Waals surface area (Å²) in [7, 11) is 0. The quantitative estimate of drug-likeness (QED) is 0.866. The SMILES string of the molecule is CC(=O)N1CCOc2ccc3sc(N4CCNC4=O)nc3c21. The minimum atomic E-state index is -0.132. The number of benzene rings is 1. The molecule has 1 fully saturated rings. The molecule has 0 bridgehead atoms. The second kappa shape index (κ2) is 4.84. The molecule has 3 amide bonds. The number of rotatable bonds is 1. The average Bonchev–Trinajstić information content (AvgIpc) is 3.11. The minimum Gasteiger partial charge on any atom is -0.489 e. The molecule has 0 aliphatic carbocycles. The maximum Gasteiger partial charge on any atom is 0.323 e. The number of ether oxygens (including phenoxy) is 1. The fraction of sp³-hybridized carbons (Fsp3) is 0.357. The van der Waals surface area contributed by atoms with Crippen LogP contribution in [0.1, 0.15) is 6.92 Å². The van der Waals surface area contributed by atoms with Crippen LogP contribution in [0.5, 0.6) is 5.75 Å². The molecule has 1 N–H and O–H groups in total. The maximum atomic E-state index is 11.9. The third-order valence-electron chi connectivity index (χ3n) is 3.80. The van der Waals surface area contributed by atoms with Crippen LogP contribution in [0.4, 0.5) is 15.6 Å². The smallest absolute Gasteiger partial charge is 0.323 e. The van der Waals surface area contributed by atoms with E-state index in [1.807, 2.05) is 12.1 Å². The van der Waals surface area contributed by atoms with Gasteiger partial charge in [-0.25, -0.2) is 9.78 Å². The van der Waals surface area contributed by atoms with E-state index in [4.69, 9.17) is 4.74 Å². The number of hydrogen-bond donors (Lipinski definition) is 1. The van der Waals surface area contributed by atoms with Crippen LogP contribution in [0, 0.1) is 0 Å². The molecule has 2 aliphatic rings. The zero-order valence-corrected chi connectivity index (χ0v) is 12.8. The molecule has 7 nitrogen and oxygen atoms in total. The van der Waals surface area contributed by atoms with Crippen LogP contribution in [-0.4, -0.2) is 43.2 Å². The molecular weight excluding hydrogens is 304 g/mol. The number of hydrogen-bond acceptors (Lipinski definition) is 5. The molecule has 2 aliphatic heterocycles. The fourth-order valence-corrected chi connectivity index (χ4v) is 3.76. The molecule has 114 valence electrons. The molecule has 0 radical (unpaired) electrons. The number of fused-ring (bicyclic) bond motifs is 3. The van der Waals surface area contributed by atoms with Gasteiger partial charge in [-0.2, -0.15) is 0 Å². The van der Waals surface area contributed by atoms with Gasteiger partial charge in [0, 0.05) is 20.0 Å². The van der Waals surface area contributed by atoms with Gasteiger partial charge >= 0.3 is 6.03 Å². The lowest BCUT2D eigenvalue weighted by Gasteiger charge is -2.28. The number of urea groups is 1. The van der Waals surface area contributed by atoms with Crippen LogP contribution < -0.4 is 19.9 Å². The Balaban J connectivity index is 1.88. The van der Waals surface area contributed by atoms with Gasteiger partial charge < -0.3 is 15.0 Å². The highest BCUT2D eigenvalue weighted by Gasteiger charge is 2.29. The van der Waals surface area contributed by atoms with Crippen LogP contribution in [0.15, 0.2) is 12.1 Å². The highest BCUT2D eigenvalue weighted by molar-refractivity contribution is 7.22. The number of amides is 3. The van der Waals surface area contributed by atoms with E-state index >= 15 is 0 Å². The van der Waals surface area contributed by atoms with E-state index in [1.165, 1.54) is 18.3 Å². The molecule has 1 aromatic heterocycles. The Hall–Kier alpha value is -2.35. The molecule has 0 unspecified atom stereocenters. The molecular formula is C14H14N4O3S. The number of carbonyl (C=O) groups excluding carboxylic acids is 2. The van der Waals surface area contributed by atoms with Crippen molar-refractivity contribution >= 4 is 44.3 Å². The number of carbonyl (C=O) groups is 2. The third-order valence-corrected chi connectivity index (χ3v) is 4.84. The Morgan fingerprint density at radius 2 is 2.27 bits per heavy atom. The van der Waals surface area contributed by atoms with Crippen molar-refractivity contribution < 1.29 is 14.3 Å². The Bertz CT molecular complexity index is 788. The largest absolute Gasteiger partial charge is 0.489 e. The van der Waals surface area contributed by atoms with Gasteiger partial charge in [0.05, 0.1) is 11.2 Å². The zero-order valence-electron chi connectivity index (χ0n) is 12.0. The van der Waals surface area contributed by atoms with Crippen molar-refractivity contribution in [1.82, 2.24) is 10.3 Å². The average molecular weight is 318 g/mol. The van der Waals surface area contributed by atoms with Crippen molar-refractivity contribution in [2.75, 3.05) is 36.0 Å². The number of nitrogens with zero attached hydrogens (tertiary/aromatic N) is 3. The summed E-state index contributed by atoms with van der Waals surface area (Å²) in [6, 6.07) is 3.65. The first kappa shape index (κ1) is 13.3. The van der Waals surface area contributed by atoms with E-state index in [0.717, 1.165) is 4.70 Å².